The highest BCUT2D eigenvalue weighted by Crippen LogP contribution is 2.28. The molecule has 0 spiro atoms. The summed E-state index contributed by atoms with van der Waals surface area (Å²) in [5.41, 5.74) is 6.99. The number of thiazole rings is 1. The molecule has 0 saturated carbocycles. The maximum Gasteiger partial charge on any atom is 0.230 e. The van der Waals surface area contributed by atoms with Gasteiger partial charge in [0.05, 0.1) is 33.5 Å². The van der Waals surface area contributed by atoms with Gasteiger partial charge in [-0.25, -0.2) is 14.6 Å². The summed E-state index contributed by atoms with van der Waals surface area (Å²) < 4.78 is 3.86. The molecule has 5 aromatic rings. The lowest BCUT2D eigenvalue weighted by molar-refractivity contribution is -0.115. The van der Waals surface area contributed by atoms with Crippen LogP contribution in [0.3, 0.4) is 0 Å². The van der Waals surface area contributed by atoms with Crippen molar-refractivity contribution in [3.8, 4) is 17.1 Å². The van der Waals surface area contributed by atoms with Crippen LogP contribution in [0.1, 0.15) is 11.4 Å². The number of nitrogens with one attached hydrogen (secondary N) is 1. The molecule has 8 heteroatoms. The molecular formula is C24H18BrN5OS. The first-order chi connectivity index (χ1) is 15.5. The fraction of sp³-hybridized carbons (Fsp3) is 0.0833. The first-order valence-corrected chi connectivity index (χ1v) is 11.6. The highest BCUT2D eigenvalue weighted by molar-refractivity contribution is 9.10. The molecular weight excluding hydrogens is 486 g/mol. The molecule has 5 rings (SSSR count). The number of rotatable bonds is 5. The first kappa shape index (κ1) is 20.5. The summed E-state index contributed by atoms with van der Waals surface area (Å²) in [4.78, 5) is 21.7. The van der Waals surface area contributed by atoms with Crippen molar-refractivity contribution in [3.05, 3.63) is 88.1 Å². The van der Waals surface area contributed by atoms with Crippen LogP contribution in [0.2, 0.25) is 0 Å². The Balaban J connectivity index is 1.50. The minimum absolute atomic E-state index is 0.126. The van der Waals surface area contributed by atoms with E-state index in [2.05, 4.69) is 37.3 Å². The summed E-state index contributed by atoms with van der Waals surface area (Å²) in [5, 5.41) is 7.66. The zero-order valence-corrected chi connectivity index (χ0v) is 19.5. The molecule has 0 fully saturated rings. The van der Waals surface area contributed by atoms with E-state index in [-0.39, 0.29) is 12.3 Å². The van der Waals surface area contributed by atoms with E-state index >= 15 is 0 Å². The van der Waals surface area contributed by atoms with Crippen LogP contribution in [-0.2, 0) is 11.2 Å². The van der Waals surface area contributed by atoms with Gasteiger partial charge in [0, 0.05) is 21.4 Å². The zero-order valence-electron chi connectivity index (χ0n) is 17.1. The van der Waals surface area contributed by atoms with Crippen molar-refractivity contribution >= 4 is 49.1 Å². The van der Waals surface area contributed by atoms with Gasteiger partial charge in [-0.3, -0.25) is 4.79 Å². The average Bonchev–Trinajstić information content (AvgIpc) is 3.41. The van der Waals surface area contributed by atoms with Crippen molar-refractivity contribution in [3.63, 3.8) is 0 Å². The quantitative estimate of drug-likeness (QED) is 0.329. The highest BCUT2D eigenvalue weighted by atomic mass is 79.9. The highest BCUT2D eigenvalue weighted by Gasteiger charge is 2.16. The second-order valence-electron chi connectivity index (χ2n) is 7.34. The van der Waals surface area contributed by atoms with Crippen LogP contribution in [0.15, 0.2) is 76.7 Å². The van der Waals surface area contributed by atoms with Gasteiger partial charge in [-0.15, -0.1) is 11.3 Å². The van der Waals surface area contributed by atoms with Crippen molar-refractivity contribution in [1.82, 2.24) is 19.7 Å². The monoisotopic (exact) mass is 503 g/mol. The average molecular weight is 504 g/mol. The van der Waals surface area contributed by atoms with Gasteiger partial charge in [-0.2, -0.15) is 5.10 Å². The fourth-order valence-corrected chi connectivity index (χ4v) is 4.44. The van der Waals surface area contributed by atoms with E-state index in [1.54, 1.807) is 16.0 Å². The van der Waals surface area contributed by atoms with E-state index in [0.717, 1.165) is 37.3 Å². The van der Waals surface area contributed by atoms with Crippen LogP contribution in [-0.4, -0.2) is 25.7 Å². The molecule has 0 bridgehead atoms. The van der Waals surface area contributed by atoms with E-state index in [1.165, 1.54) is 0 Å². The number of carbonyl (C=O) groups is 1. The van der Waals surface area contributed by atoms with Gasteiger partial charge in [-0.1, -0.05) is 28.1 Å². The van der Waals surface area contributed by atoms with Crippen LogP contribution in [0.25, 0.3) is 27.3 Å². The SMILES string of the molecule is Cc1cccc(-n2nc(CC(=O)Nc3ccc(Br)cc3)cc2-c2ccc3ncsc3c2)n1. The van der Waals surface area contributed by atoms with E-state index in [0.29, 0.717) is 11.5 Å². The fourth-order valence-electron chi connectivity index (χ4n) is 3.46. The van der Waals surface area contributed by atoms with E-state index in [9.17, 15) is 4.79 Å². The molecule has 6 nitrogen and oxygen atoms in total. The largest absolute Gasteiger partial charge is 0.326 e. The molecule has 0 radical (unpaired) electrons. The Bertz CT molecular complexity index is 1420. The minimum Gasteiger partial charge on any atom is -0.326 e. The number of halogens is 1. The summed E-state index contributed by atoms with van der Waals surface area (Å²) in [6.07, 6.45) is 0.157. The van der Waals surface area contributed by atoms with Gasteiger partial charge in [-0.05, 0) is 61.5 Å². The van der Waals surface area contributed by atoms with Crippen molar-refractivity contribution in [1.29, 1.82) is 0 Å². The van der Waals surface area contributed by atoms with Crippen LogP contribution in [0.5, 0.6) is 0 Å². The Morgan fingerprint density at radius 2 is 1.94 bits per heavy atom. The molecule has 3 aromatic heterocycles. The summed E-state index contributed by atoms with van der Waals surface area (Å²) in [5.74, 6) is 0.586. The van der Waals surface area contributed by atoms with Gasteiger partial charge in [0.2, 0.25) is 5.91 Å². The summed E-state index contributed by atoms with van der Waals surface area (Å²) >= 11 is 5.00. The number of aryl methyl sites for hydroxylation is 1. The third kappa shape index (κ3) is 4.32. The van der Waals surface area contributed by atoms with Gasteiger partial charge in [0.15, 0.2) is 5.82 Å². The second-order valence-corrected chi connectivity index (χ2v) is 9.14. The normalized spacial score (nSPS) is 11.1. The Kier molecular flexibility index (Phi) is 5.55. The van der Waals surface area contributed by atoms with Crippen molar-refractivity contribution < 1.29 is 4.79 Å². The topological polar surface area (TPSA) is 72.7 Å². The lowest BCUT2D eigenvalue weighted by atomic mass is 10.1. The van der Waals surface area contributed by atoms with E-state index in [4.69, 9.17) is 5.10 Å². The number of pyridine rings is 1. The smallest absolute Gasteiger partial charge is 0.230 e. The number of carbonyl (C=O) groups excluding carboxylic acids is 1. The van der Waals surface area contributed by atoms with Crippen molar-refractivity contribution in [2.45, 2.75) is 13.3 Å². The van der Waals surface area contributed by atoms with E-state index < -0.39 is 0 Å². The Morgan fingerprint density at radius 1 is 1.09 bits per heavy atom. The molecule has 158 valence electrons. The molecule has 0 atom stereocenters. The van der Waals surface area contributed by atoms with Crippen LogP contribution >= 0.6 is 27.3 Å². The van der Waals surface area contributed by atoms with Crippen LogP contribution in [0.4, 0.5) is 5.69 Å². The molecule has 0 saturated heterocycles. The van der Waals surface area contributed by atoms with Crippen molar-refractivity contribution in [2.24, 2.45) is 0 Å². The molecule has 0 aliphatic heterocycles. The molecule has 2 aromatic carbocycles. The molecule has 0 unspecified atom stereocenters. The standard InChI is InChI=1S/C24H18BrN5OS/c1-15-3-2-4-23(27-15)30-21(16-5-10-20-22(11-16)32-14-26-20)12-19(29-30)13-24(31)28-18-8-6-17(25)7-9-18/h2-12,14H,13H2,1H3,(H,28,31). The Hall–Kier alpha value is -3.36. The molecule has 0 aliphatic rings. The third-order valence-electron chi connectivity index (χ3n) is 4.95. The number of benzene rings is 2. The van der Waals surface area contributed by atoms with Crippen LogP contribution in [0, 0.1) is 6.92 Å². The summed E-state index contributed by atoms with van der Waals surface area (Å²) in [6.45, 7) is 1.95. The zero-order chi connectivity index (χ0) is 22.1. The number of fused-ring (bicyclic) bond motifs is 1. The number of nitrogens with zero attached hydrogens (tertiary/aromatic N) is 4. The van der Waals surface area contributed by atoms with Gasteiger partial charge in [0.25, 0.3) is 0 Å². The van der Waals surface area contributed by atoms with Gasteiger partial charge in [0.1, 0.15) is 0 Å². The number of aromatic nitrogens is 4. The van der Waals surface area contributed by atoms with Crippen LogP contribution < -0.4 is 5.32 Å². The maximum atomic E-state index is 12.7. The van der Waals surface area contributed by atoms with E-state index in [1.807, 2.05) is 73.1 Å². The first-order valence-electron chi connectivity index (χ1n) is 9.97. The molecule has 32 heavy (non-hydrogen) atoms. The molecule has 3 heterocycles. The summed E-state index contributed by atoms with van der Waals surface area (Å²) in [7, 11) is 0. The summed E-state index contributed by atoms with van der Waals surface area (Å²) in [6, 6.07) is 21.4. The number of anilines is 1. The predicted octanol–water partition coefficient (Wildman–Crippen LogP) is 5.80. The number of hydrogen-bond acceptors (Lipinski definition) is 5. The maximum absolute atomic E-state index is 12.7. The molecule has 1 amide bonds. The molecule has 1 N–H and O–H groups in total. The minimum atomic E-state index is -0.126. The number of hydrogen-bond donors (Lipinski definition) is 1. The Labute approximate surface area is 197 Å². The van der Waals surface area contributed by atoms with Crippen molar-refractivity contribution in [2.75, 3.05) is 5.32 Å². The lowest BCUT2D eigenvalue weighted by Crippen LogP contribution is -2.15. The predicted molar refractivity (Wildman–Crippen MR) is 131 cm³/mol. The van der Waals surface area contributed by atoms with Gasteiger partial charge >= 0.3 is 0 Å². The third-order valence-corrected chi connectivity index (χ3v) is 6.27. The Morgan fingerprint density at radius 3 is 2.75 bits per heavy atom. The second kappa shape index (κ2) is 8.64. The lowest BCUT2D eigenvalue weighted by Gasteiger charge is -2.07. The van der Waals surface area contributed by atoms with Gasteiger partial charge < -0.3 is 5.32 Å². The number of amides is 1. The molecule has 0 aliphatic carbocycles.